The predicted molar refractivity (Wildman–Crippen MR) is 88.2 cm³/mol. The van der Waals surface area contributed by atoms with Gasteiger partial charge in [-0.1, -0.05) is 41.6 Å². The molecule has 4 aromatic rings. The molecule has 0 aliphatic rings. The molecule has 0 atom stereocenters. The third-order valence-corrected chi connectivity index (χ3v) is 3.62. The number of rotatable bonds is 3. The molecule has 2 aromatic heterocycles. The van der Waals surface area contributed by atoms with Gasteiger partial charge in [0.05, 0.1) is 11.9 Å². The van der Waals surface area contributed by atoms with Crippen molar-refractivity contribution in [2.24, 2.45) is 5.16 Å². The molecule has 2 heterocycles. The summed E-state index contributed by atoms with van der Waals surface area (Å²) in [6.07, 6.45) is 3.16. The van der Waals surface area contributed by atoms with Crippen molar-refractivity contribution in [1.29, 1.82) is 0 Å². The lowest BCUT2D eigenvalue weighted by molar-refractivity contribution is 0.322. The number of nitrogens with zero attached hydrogens (tertiary/aromatic N) is 3. The van der Waals surface area contributed by atoms with Gasteiger partial charge < -0.3 is 9.62 Å². The van der Waals surface area contributed by atoms with Crippen LogP contribution in [0.25, 0.3) is 28.1 Å². The van der Waals surface area contributed by atoms with Crippen molar-refractivity contribution in [2.75, 3.05) is 0 Å². The van der Waals surface area contributed by atoms with E-state index in [4.69, 9.17) is 9.62 Å². The van der Waals surface area contributed by atoms with E-state index in [0.717, 1.165) is 16.7 Å². The van der Waals surface area contributed by atoms with E-state index >= 15 is 0 Å². The van der Waals surface area contributed by atoms with E-state index < -0.39 is 0 Å². The van der Waals surface area contributed by atoms with Gasteiger partial charge in [0.1, 0.15) is 11.3 Å². The van der Waals surface area contributed by atoms with Crippen molar-refractivity contribution in [3.05, 3.63) is 72.4 Å². The first-order chi connectivity index (χ1) is 11.3. The number of oxime groups is 1. The van der Waals surface area contributed by atoms with Crippen LogP contribution in [-0.2, 0) is 0 Å². The first-order valence-corrected chi connectivity index (χ1v) is 7.16. The maximum atomic E-state index is 8.91. The summed E-state index contributed by atoms with van der Waals surface area (Å²) < 4.78 is 7.61. The number of benzene rings is 2. The topological polar surface area (TPSA) is 63.6 Å². The van der Waals surface area contributed by atoms with Gasteiger partial charge in [0.25, 0.3) is 0 Å². The number of aromatic nitrogens is 2. The summed E-state index contributed by atoms with van der Waals surface area (Å²) >= 11 is 0. The van der Waals surface area contributed by atoms with Crippen LogP contribution in [0, 0.1) is 0 Å². The highest BCUT2D eigenvalue weighted by molar-refractivity contribution is 5.90. The van der Waals surface area contributed by atoms with E-state index in [1.807, 2.05) is 60.7 Å². The molecule has 0 bridgehead atoms. The molecule has 1 N–H and O–H groups in total. The second-order valence-corrected chi connectivity index (χ2v) is 5.11. The highest BCUT2D eigenvalue weighted by atomic mass is 16.4. The molecule has 5 nitrogen and oxygen atoms in total. The van der Waals surface area contributed by atoms with Crippen LogP contribution in [0.2, 0.25) is 0 Å². The van der Waals surface area contributed by atoms with Crippen LogP contribution in [-0.4, -0.2) is 21.2 Å². The summed E-state index contributed by atoms with van der Waals surface area (Å²) in [5, 5.41) is 17.6. The van der Waals surface area contributed by atoms with E-state index in [2.05, 4.69) is 10.3 Å². The van der Waals surface area contributed by atoms with E-state index in [9.17, 15) is 0 Å². The number of furan rings is 1. The molecule has 0 fully saturated rings. The van der Waals surface area contributed by atoms with Crippen LogP contribution in [0.5, 0.6) is 0 Å². The van der Waals surface area contributed by atoms with Crippen LogP contribution in [0.1, 0.15) is 5.56 Å². The monoisotopic (exact) mass is 303 g/mol. The zero-order valence-electron chi connectivity index (χ0n) is 12.1. The highest BCUT2D eigenvalue weighted by Crippen LogP contribution is 2.29. The second-order valence-electron chi connectivity index (χ2n) is 5.11. The Morgan fingerprint density at radius 2 is 1.83 bits per heavy atom. The van der Waals surface area contributed by atoms with Crippen LogP contribution in [0.15, 0.2) is 76.4 Å². The first-order valence-electron chi connectivity index (χ1n) is 7.16. The number of para-hydroxylation sites is 2. The van der Waals surface area contributed by atoms with Crippen LogP contribution in [0.4, 0.5) is 0 Å². The minimum Gasteiger partial charge on any atom is -0.454 e. The van der Waals surface area contributed by atoms with Gasteiger partial charge in [-0.2, -0.15) is 5.10 Å². The molecular formula is C18H13N3O2. The molecular weight excluding hydrogens is 290 g/mol. The van der Waals surface area contributed by atoms with Crippen molar-refractivity contribution in [3.8, 4) is 17.1 Å². The molecule has 4 rings (SSSR count). The summed E-state index contributed by atoms with van der Waals surface area (Å²) in [6, 6.07) is 19.4. The molecule has 0 spiro atoms. The SMILES string of the molecule is O/N=C/c1cn(-c2ccccc2)nc1-c1cc2ccccc2o1. The molecule has 0 amide bonds. The van der Waals surface area contributed by atoms with Crippen molar-refractivity contribution < 1.29 is 9.62 Å². The van der Waals surface area contributed by atoms with Crippen LogP contribution < -0.4 is 0 Å². The van der Waals surface area contributed by atoms with Gasteiger partial charge in [0.2, 0.25) is 0 Å². The van der Waals surface area contributed by atoms with E-state index in [1.165, 1.54) is 6.21 Å². The maximum absolute atomic E-state index is 8.91. The Kier molecular flexibility index (Phi) is 3.16. The Bertz CT molecular complexity index is 951. The standard InChI is InChI=1S/C18H13N3O2/c22-19-11-14-12-21(15-7-2-1-3-8-15)20-18(14)17-10-13-6-4-5-9-16(13)23-17/h1-12,22H/b19-11+. The highest BCUT2D eigenvalue weighted by Gasteiger charge is 2.15. The maximum Gasteiger partial charge on any atom is 0.156 e. The number of hydrogen-bond donors (Lipinski definition) is 1. The lowest BCUT2D eigenvalue weighted by Gasteiger charge is -1.98. The molecule has 0 saturated carbocycles. The minimum atomic E-state index is 0.628. The Labute approximate surface area is 132 Å². The number of hydrogen-bond acceptors (Lipinski definition) is 4. The van der Waals surface area contributed by atoms with Gasteiger partial charge in [-0.3, -0.25) is 0 Å². The summed E-state index contributed by atoms with van der Waals surface area (Å²) in [7, 11) is 0. The van der Waals surface area contributed by atoms with Crippen molar-refractivity contribution >= 4 is 17.2 Å². The average molecular weight is 303 g/mol. The van der Waals surface area contributed by atoms with Crippen molar-refractivity contribution in [3.63, 3.8) is 0 Å². The van der Waals surface area contributed by atoms with E-state index in [-0.39, 0.29) is 0 Å². The van der Waals surface area contributed by atoms with Crippen LogP contribution >= 0.6 is 0 Å². The Hall–Kier alpha value is -3.34. The van der Waals surface area contributed by atoms with Crippen LogP contribution in [0.3, 0.4) is 0 Å². The van der Waals surface area contributed by atoms with Gasteiger partial charge in [0.15, 0.2) is 5.76 Å². The molecule has 2 aromatic carbocycles. The normalized spacial score (nSPS) is 11.5. The number of fused-ring (bicyclic) bond motifs is 1. The molecule has 112 valence electrons. The Balaban J connectivity index is 1.88. The quantitative estimate of drug-likeness (QED) is 0.352. The summed E-state index contributed by atoms with van der Waals surface area (Å²) in [5.41, 5.74) is 3.02. The van der Waals surface area contributed by atoms with Gasteiger partial charge in [-0.25, -0.2) is 4.68 Å². The molecule has 0 aliphatic heterocycles. The lowest BCUT2D eigenvalue weighted by atomic mass is 10.2. The molecule has 5 heteroatoms. The van der Waals surface area contributed by atoms with Gasteiger partial charge in [-0.05, 0) is 24.3 Å². The fraction of sp³-hybridized carbons (Fsp3) is 0. The molecule has 0 unspecified atom stereocenters. The Morgan fingerprint density at radius 3 is 2.61 bits per heavy atom. The fourth-order valence-electron chi connectivity index (χ4n) is 2.55. The van der Waals surface area contributed by atoms with Crippen molar-refractivity contribution in [2.45, 2.75) is 0 Å². The molecule has 0 aliphatic carbocycles. The third-order valence-electron chi connectivity index (χ3n) is 3.62. The fourth-order valence-corrected chi connectivity index (χ4v) is 2.55. The first kappa shape index (κ1) is 13.3. The summed E-state index contributed by atoms with van der Waals surface area (Å²) in [5.74, 6) is 0.635. The summed E-state index contributed by atoms with van der Waals surface area (Å²) in [6.45, 7) is 0. The van der Waals surface area contributed by atoms with Gasteiger partial charge in [0, 0.05) is 17.1 Å². The molecule has 0 saturated heterocycles. The van der Waals surface area contributed by atoms with E-state index in [1.54, 1.807) is 10.9 Å². The smallest absolute Gasteiger partial charge is 0.156 e. The Morgan fingerprint density at radius 1 is 1.04 bits per heavy atom. The average Bonchev–Trinajstić information content (AvgIpc) is 3.19. The van der Waals surface area contributed by atoms with Gasteiger partial charge >= 0.3 is 0 Å². The second kappa shape index (κ2) is 5.46. The van der Waals surface area contributed by atoms with Gasteiger partial charge in [-0.15, -0.1) is 0 Å². The predicted octanol–water partition coefficient (Wildman–Crippen LogP) is 4.09. The third kappa shape index (κ3) is 2.38. The van der Waals surface area contributed by atoms with E-state index in [0.29, 0.717) is 17.0 Å². The summed E-state index contributed by atoms with van der Waals surface area (Å²) in [4.78, 5) is 0. The molecule has 23 heavy (non-hydrogen) atoms. The zero-order chi connectivity index (χ0) is 15.6. The van der Waals surface area contributed by atoms with Crippen molar-refractivity contribution in [1.82, 2.24) is 9.78 Å². The lowest BCUT2D eigenvalue weighted by Crippen LogP contribution is -1.93. The zero-order valence-corrected chi connectivity index (χ0v) is 12.1. The largest absolute Gasteiger partial charge is 0.454 e. The minimum absolute atomic E-state index is 0.628. The molecule has 0 radical (unpaired) electrons.